The minimum absolute atomic E-state index is 0.0251. The third kappa shape index (κ3) is 7.37. The van der Waals surface area contributed by atoms with Gasteiger partial charge in [-0.15, -0.1) is 6.58 Å². The minimum atomic E-state index is -1.25. The number of hydrogen-bond acceptors (Lipinski definition) is 0. The summed E-state index contributed by atoms with van der Waals surface area (Å²) in [4.78, 5) is 0. The van der Waals surface area contributed by atoms with Crippen molar-refractivity contribution in [3.8, 4) is 0 Å². The lowest BCUT2D eigenvalue weighted by molar-refractivity contribution is -0.0131. The zero-order valence-corrected chi connectivity index (χ0v) is 21.5. The quantitative estimate of drug-likeness (QED) is 0.144. The summed E-state index contributed by atoms with van der Waals surface area (Å²) in [6, 6.07) is 0. The predicted molar refractivity (Wildman–Crippen MR) is 134 cm³/mol. The van der Waals surface area contributed by atoms with Crippen molar-refractivity contribution in [2.24, 2.45) is 35.5 Å². The zero-order chi connectivity index (χ0) is 22.2. The third-order valence-electron chi connectivity index (χ3n) is 9.06. The normalized spacial score (nSPS) is 37.3. The molecule has 3 rings (SSSR count). The van der Waals surface area contributed by atoms with Crippen LogP contribution in [0.2, 0.25) is 0 Å². The maximum atomic E-state index is 15.0. The number of allylic oxidation sites excluding steroid dienone is 1. The molecule has 0 aromatic carbocycles. The molecule has 0 spiro atoms. The molecular weight excluding hydrogens is 508 g/mol. The molecule has 3 aliphatic rings. The van der Waals surface area contributed by atoms with Crippen molar-refractivity contribution in [1.82, 2.24) is 0 Å². The van der Waals surface area contributed by atoms with E-state index in [0.717, 1.165) is 77.0 Å². The maximum Gasteiger partial charge on any atom is 0.134 e. The van der Waals surface area contributed by atoms with Crippen molar-refractivity contribution in [3.63, 3.8) is 0 Å². The maximum absolute atomic E-state index is 15.0. The first-order valence-electron chi connectivity index (χ1n) is 13.1. The van der Waals surface area contributed by atoms with E-state index in [1.54, 1.807) is 0 Å². The smallest absolute Gasteiger partial charge is 0.134 e. The second-order valence-electron chi connectivity index (χ2n) is 10.9. The highest BCUT2D eigenvalue weighted by Crippen LogP contribution is 2.45. The zero-order valence-electron chi connectivity index (χ0n) is 19.3. The van der Waals surface area contributed by atoms with Crippen LogP contribution in [0, 0.1) is 35.5 Å². The SMILES string of the molecule is C=C[C@@H](I)CCC(CF)C1CCC(CCC2CCC(C3CCCCC3)C(F)[C@H]2F)CC1. The van der Waals surface area contributed by atoms with Gasteiger partial charge in [0.1, 0.15) is 12.3 Å². The van der Waals surface area contributed by atoms with E-state index in [4.69, 9.17) is 0 Å². The van der Waals surface area contributed by atoms with Crippen LogP contribution in [0.4, 0.5) is 13.2 Å². The highest BCUT2D eigenvalue weighted by molar-refractivity contribution is 14.1. The predicted octanol–water partition coefficient (Wildman–Crippen LogP) is 9.21. The Balaban J connectivity index is 1.38. The molecular formula is C27H44F3I. The van der Waals surface area contributed by atoms with Gasteiger partial charge in [0.15, 0.2) is 0 Å². The van der Waals surface area contributed by atoms with Gasteiger partial charge in [-0.05, 0) is 80.5 Å². The van der Waals surface area contributed by atoms with Gasteiger partial charge in [0.05, 0.1) is 6.67 Å². The standard InChI is InChI=1S/C27H44F3I/c1-2-24(31)16-14-23(18-28)20-11-8-19(9-12-20)10-13-22-15-17-25(27(30)26(22)29)21-6-4-3-5-7-21/h2,19-27H,1,3-18H2/t19?,20?,22?,23?,24-,25?,26+,27?/m1/s1. The molecule has 0 N–H and O–H groups in total. The van der Waals surface area contributed by atoms with Crippen molar-refractivity contribution < 1.29 is 13.2 Å². The lowest BCUT2D eigenvalue weighted by atomic mass is 9.67. The van der Waals surface area contributed by atoms with E-state index in [1.165, 1.54) is 19.3 Å². The number of alkyl halides is 4. The van der Waals surface area contributed by atoms with Crippen LogP contribution in [0.1, 0.15) is 96.3 Å². The lowest BCUT2D eigenvalue weighted by Crippen LogP contribution is -2.42. The Morgan fingerprint density at radius 2 is 1.55 bits per heavy atom. The molecule has 0 aliphatic heterocycles. The van der Waals surface area contributed by atoms with Crippen molar-refractivity contribution in [2.75, 3.05) is 6.67 Å². The topological polar surface area (TPSA) is 0 Å². The van der Waals surface area contributed by atoms with E-state index in [0.29, 0.717) is 21.7 Å². The van der Waals surface area contributed by atoms with Gasteiger partial charge in [-0.25, -0.2) is 8.78 Å². The lowest BCUT2D eigenvalue weighted by Gasteiger charge is -2.41. The molecule has 6 atom stereocenters. The Bertz CT molecular complexity index is 513. The van der Waals surface area contributed by atoms with E-state index >= 15 is 0 Å². The highest BCUT2D eigenvalue weighted by Gasteiger charge is 2.43. The molecule has 0 bridgehead atoms. The first-order chi connectivity index (χ1) is 15.0. The van der Waals surface area contributed by atoms with Gasteiger partial charge in [0, 0.05) is 3.92 Å². The van der Waals surface area contributed by atoms with E-state index in [-0.39, 0.29) is 24.4 Å². The average molecular weight is 553 g/mol. The molecule has 0 radical (unpaired) electrons. The molecule has 180 valence electrons. The second kappa shape index (κ2) is 13.2. The van der Waals surface area contributed by atoms with Gasteiger partial charge in [-0.1, -0.05) is 80.0 Å². The van der Waals surface area contributed by atoms with Gasteiger partial charge in [0.2, 0.25) is 0 Å². The van der Waals surface area contributed by atoms with Gasteiger partial charge >= 0.3 is 0 Å². The molecule has 0 aromatic rings. The van der Waals surface area contributed by atoms with Crippen LogP contribution in [0.5, 0.6) is 0 Å². The molecule has 0 amide bonds. The monoisotopic (exact) mass is 552 g/mol. The first-order valence-corrected chi connectivity index (χ1v) is 14.4. The second-order valence-corrected chi connectivity index (χ2v) is 12.5. The Morgan fingerprint density at radius 3 is 2.19 bits per heavy atom. The Morgan fingerprint density at radius 1 is 0.839 bits per heavy atom. The molecule has 0 aromatic heterocycles. The molecule has 4 heteroatoms. The van der Waals surface area contributed by atoms with E-state index in [1.807, 2.05) is 6.08 Å². The molecule has 3 aliphatic carbocycles. The fraction of sp³-hybridized carbons (Fsp3) is 0.926. The van der Waals surface area contributed by atoms with Crippen LogP contribution in [-0.4, -0.2) is 22.9 Å². The summed E-state index contributed by atoms with van der Waals surface area (Å²) >= 11 is 2.38. The summed E-state index contributed by atoms with van der Waals surface area (Å²) in [6.07, 6.45) is 15.5. The summed E-state index contributed by atoms with van der Waals surface area (Å²) in [5, 5.41) is 0. The summed E-state index contributed by atoms with van der Waals surface area (Å²) in [5.74, 6) is 1.65. The molecule has 0 saturated heterocycles. The van der Waals surface area contributed by atoms with Crippen LogP contribution >= 0.6 is 22.6 Å². The Labute approximate surface area is 202 Å². The van der Waals surface area contributed by atoms with E-state index in [2.05, 4.69) is 29.2 Å². The van der Waals surface area contributed by atoms with Gasteiger partial charge < -0.3 is 0 Å². The van der Waals surface area contributed by atoms with Crippen LogP contribution in [0.25, 0.3) is 0 Å². The van der Waals surface area contributed by atoms with Crippen LogP contribution in [0.3, 0.4) is 0 Å². The number of rotatable bonds is 10. The molecule has 4 unspecified atom stereocenters. The summed E-state index contributed by atoms with van der Waals surface area (Å²) < 4.78 is 44.0. The Kier molecular flexibility index (Phi) is 11.0. The van der Waals surface area contributed by atoms with Crippen molar-refractivity contribution >= 4 is 22.6 Å². The summed E-state index contributed by atoms with van der Waals surface area (Å²) in [7, 11) is 0. The summed E-state index contributed by atoms with van der Waals surface area (Å²) in [5.41, 5.74) is 0. The molecule has 0 nitrogen and oxygen atoms in total. The van der Waals surface area contributed by atoms with Crippen molar-refractivity contribution in [3.05, 3.63) is 12.7 Å². The van der Waals surface area contributed by atoms with Gasteiger partial charge in [-0.3, -0.25) is 4.39 Å². The molecule has 0 heterocycles. The fourth-order valence-corrected chi connectivity index (χ4v) is 7.27. The van der Waals surface area contributed by atoms with Crippen molar-refractivity contribution in [2.45, 2.75) is 113 Å². The fourth-order valence-electron chi connectivity index (χ4n) is 6.91. The van der Waals surface area contributed by atoms with Crippen LogP contribution in [0.15, 0.2) is 12.7 Å². The van der Waals surface area contributed by atoms with Gasteiger partial charge in [0.25, 0.3) is 0 Å². The van der Waals surface area contributed by atoms with Crippen LogP contribution in [-0.2, 0) is 0 Å². The van der Waals surface area contributed by atoms with Crippen LogP contribution < -0.4 is 0 Å². The number of halogens is 4. The minimum Gasteiger partial charge on any atom is -0.251 e. The molecule has 3 fully saturated rings. The molecule has 31 heavy (non-hydrogen) atoms. The van der Waals surface area contributed by atoms with Gasteiger partial charge in [-0.2, -0.15) is 0 Å². The largest absolute Gasteiger partial charge is 0.251 e. The van der Waals surface area contributed by atoms with Crippen molar-refractivity contribution in [1.29, 1.82) is 0 Å². The molecule has 3 saturated carbocycles. The number of hydrogen-bond donors (Lipinski definition) is 0. The Hall–Kier alpha value is 0.260. The van der Waals surface area contributed by atoms with E-state index in [9.17, 15) is 13.2 Å². The average Bonchev–Trinajstić information content (AvgIpc) is 2.81. The third-order valence-corrected chi connectivity index (χ3v) is 10.2. The van der Waals surface area contributed by atoms with E-state index < -0.39 is 12.3 Å². The highest BCUT2D eigenvalue weighted by atomic mass is 127. The first kappa shape index (κ1) is 25.9. The summed E-state index contributed by atoms with van der Waals surface area (Å²) in [6.45, 7) is 3.63.